The number of ether oxygens (including phenoxy) is 1. The molecule has 1 aromatic rings. The van der Waals surface area contributed by atoms with Gasteiger partial charge in [-0.15, -0.1) is 6.42 Å². The van der Waals surface area contributed by atoms with Crippen molar-refractivity contribution in [2.75, 3.05) is 12.3 Å². The number of halogens is 1. The van der Waals surface area contributed by atoms with E-state index >= 15 is 0 Å². The molecule has 31 heavy (non-hydrogen) atoms. The van der Waals surface area contributed by atoms with E-state index < -0.39 is 59.9 Å². The van der Waals surface area contributed by atoms with Crippen molar-refractivity contribution in [3.8, 4) is 12.3 Å². The number of hydrogen-bond acceptors (Lipinski definition) is 11. The van der Waals surface area contributed by atoms with Gasteiger partial charge in [0, 0.05) is 6.20 Å². The largest absolute Gasteiger partial charge is 0.490 e. The fraction of sp³-hybridized carbons (Fsp3) is 0.455. The summed E-state index contributed by atoms with van der Waals surface area (Å²) >= 11 is 0. The van der Waals surface area contributed by atoms with Crippen LogP contribution < -0.4 is 11.4 Å². The summed E-state index contributed by atoms with van der Waals surface area (Å²) in [5.74, 6) is 1.45. The van der Waals surface area contributed by atoms with Crippen LogP contribution >= 0.6 is 23.5 Å². The first-order chi connectivity index (χ1) is 14.0. The Morgan fingerprint density at radius 2 is 1.90 bits per heavy atom. The summed E-state index contributed by atoms with van der Waals surface area (Å²) in [6.07, 6.45) is -0.222. The maximum atomic E-state index is 14.8. The van der Waals surface area contributed by atoms with Crippen molar-refractivity contribution in [1.82, 2.24) is 9.55 Å². The van der Waals surface area contributed by atoms with Gasteiger partial charge in [0.1, 0.15) is 11.9 Å². The van der Waals surface area contributed by atoms with Crippen molar-refractivity contribution in [1.29, 1.82) is 0 Å². The van der Waals surface area contributed by atoms with Crippen molar-refractivity contribution >= 4 is 29.3 Å². The van der Waals surface area contributed by atoms with Gasteiger partial charge in [-0.1, -0.05) is 5.92 Å². The van der Waals surface area contributed by atoms with Crippen LogP contribution in [0.25, 0.3) is 0 Å². The summed E-state index contributed by atoms with van der Waals surface area (Å²) < 4.78 is 65.5. The topological polar surface area (TPSA) is 250 Å². The molecule has 6 atom stereocenters. The van der Waals surface area contributed by atoms with Crippen LogP contribution in [0.2, 0.25) is 0 Å². The number of nitrogen functional groups attached to an aromatic ring is 1. The van der Waals surface area contributed by atoms with Crippen LogP contribution in [-0.2, 0) is 31.6 Å². The molecule has 16 nitrogen and oxygen atoms in total. The number of aliphatic hydroxyl groups is 1. The maximum Gasteiger partial charge on any atom is 0.490 e. The lowest BCUT2D eigenvalue weighted by molar-refractivity contribution is -0.0611. The first-order valence-electron chi connectivity index (χ1n) is 7.62. The Morgan fingerprint density at radius 1 is 1.29 bits per heavy atom. The van der Waals surface area contributed by atoms with E-state index in [1.54, 1.807) is 5.92 Å². The Balaban J connectivity index is 2.19. The molecule has 174 valence electrons. The number of phosphoric acid groups is 3. The molecular weight excluding hydrogens is 494 g/mol. The van der Waals surface area contributed by atoms with Gasteiger partial charge in [-0.05, 0) is 6.07 Å². The lowest BCUT2D eigenvalue weighted by Crippen LogP contribution is -2.46. The zero-order valence-electron chi connectivity index (χ0n) is 14.9. The van der Waals surface area contributed by atoms with Gasteiger partial charge in [0.15, 0.2) is 18.0 Å². The number of anilines is 1. The number of rotatable bonds is 8. The van der Waals surface area contributed by atoms with Crippen molar-refractivity contribution in [3.63, 3.8) is 0 Å². The first-order valence-corrected chi connectivity index (χ1v) is 12.1. The average molecular weight is 509 g/mol. The normalized spacial score (nSPS) is 30.3. The molecule has 0 saturated carbocycles. The van der Waals surface area contributed by atoms with Gasteiger partial charge >= 0.3 is 29.2 Å². The lowest BCUT2D eigenvalue weighted by atomic mass is 9.94. The van der Waals surface area contributed by atoms with Gasteiger partial charge in [-0.2, -0.15) is 13.6 Å². The lowest BCUT2D eigenvalue weighted by Gasteiger charge is -2.24. The SMILES string of the molecule is C#C[C@@]1(O)[C@H](F)[C@H](n2ccc(N)nc2=O)O[C@@H]1COP(=O)(O)OP(=O)(O)OP(=O)(O)O. The maximum absolute atomic E-state index is 14.8. The van der Waals surface area contributed by atoms with Crippen molar-refractivity contribution in [2.24, 2.45) is 0 Å². The van der Waals surface area contributed by atoms with Gasteiger partial charge in [0.05, 0.1) is 6.61 Å². The molecule has 1 aromatic heterocycles. The number of alkyl halides is 1. The Bertz CT molecular complexity index is 1080. The third-order valence-corrected chi connectivity index (χ3v) is 7.43. The Hall–Kier alpha value is -1.50. The van der Waals surface area contributed by atoms with E-state index in [2.05, 4.69) is 18.1 Å². The summed E-state index contributed by atoms with van der Waals surface area (Å²) in [6.45, 7) is -1.25. The molecule has 2 unspecified atom stereocenters. The Morgan fingerprint density at radius 3 is 2.42 bits per heavy atom. The smallest absolute Gasteiger partial charge is 0.383 e. The van der Waals surface area contributed by atoms with Crippen LogP contribution in [-0.4, -0.2) is 58.7 Å². The van der Waals surface area contributed by atoms with E-state index in [9.17, 15) is 32.9 Å². The van der Waals surface area contributed by atoms with E-state index in [1.807, 2.05) is 0 Å². The molecule has 20 heteroatoms. The molecule has 1 aliphatic rings. The fourth-order valence-electron chi connectivity index (χ4n) is 2.37. The summed E-state index contributed by atoms with van der Waals surface area (Å²) in [6, 6.07) is 1.10. The number of nitrogens with zero attached hydrogens (tertiary/aromatic N) is 2. The molecule has 1 saturated heterocycles. The minimum Gasteiger partial charge on any atom is -0.383 e. The minimum atomic E-state index is -5.80. The van der Waals surface area contributed by atoms with Crippen molar-refractivity contribution < 1.29 is 60.6 Å². The minimum absolute atomic E-state index is 0.203. The summed E-state index contributed by atoms with van der Waals surface area (Å²) in [5.41, 5.74) is 1.41. The molecule has 1 fully saturated rings. The highest BCUT2D eigenvalue weighted by atomic mass is 31.3. The van der Waals surface area contributed by atoms with Crippen LogP contribution in [0.4, 0.5) is 10.2 Å². The third kappa shape index (κ3) is 6.27. The highest BCUT2D eigenvalue weighted by molar-refractivity contribution is 7.66. The van der Waals surface area contributed by atoms with Crippen LogP contribution in [0.3, 0.4) is 0 Å². The van der Waals surface area contributed by atoms with E-state index in [0.29, 0.717) is 4.57 Å². The van der Waals surface area contributed by atoms with Crippen LogP contribution in [0, 0.1) is 12.3 Å². The molecule has 0 spiro atoms. The zero-order valence-corrected chi connectivity index (χ0v) is 17.5. The van der Waals surface area contributed by atoms with E-state index in [1.165, 1.54) is 0 Å². The van der Waals surface area contributed by atoms with Gasteiger partial charge in [0.25, 0.3) is 0 Å². The predicted molar refractivity (Wildman–Crippen MR) is 95.3 cm³/mol. The molecule has 2 rings (SSSR count). The molecule has 0 aromatic carbocycles. The molecule has 1 aliphatic heterocycles. The Labute approximate surface area is 171 Å². The third-order valence-electron chi connectivity index (χ3n) is 3.63. The molecule has 0 aliphatic carbocycles. The van der Waals surface area contributed by atoms with Crippen LogP contribution in [0.5, 0.6) is 0 Å². The number of phosphoric ester groups is 1. The summed E-state index contributed by atoms with van der Waals surface area (Å²) in [4.78, 5) is 50.7. The quantitative estimate of drug-likeness (QED) is 0.177. The molecule has 7 N–H and O–H groups in total. The Kier molecular flexibility index (Phi) is 7.31. The number of aromatic nitrogens is 2. The number of hydrogen-bond donors (Lipinski definition) is 6. The number of nitrogens with two attached hydrogens (primary N) is 1. The second-order valence-corrected chi connectivity index (χ2v) is 10.2. The van der Waals surface area contributed by atoms with Crippen molar-refractivity contribution in [2.45, 2.75) is 24.1 Å². The van der Waals surface area contributed by atoms with Crippen LogP contribution in [0.15, 0.2) is 17.1 Å². The van der Waals surface area contributed by atoms with Gasteiger partial charge in [0.2, 0.25) is 0 Å². The average Bonchev–Trinajstić information content (AvgIpc) is 2.82. The van der Waals surface area contributed by atoms with Crippen LogP contribution in [0.1, 0.15) is 6.23 Å². The molecular formula is C11H15FN3O13P3. The monoisotopic (exact) mass is 509 g/mol. The highest BCUT2D eigenvalue weighted by Gasteiger charge is 2.57. The molecule has 0 bridgehead atoms. The molecule has 0 amide bonds. The molecule has 0 radical (unpaired) electrons. The standard InChI is InChI=1S/C11H15FN3O13P3/c1-2-11(17)6(5-25-30(21,22)28-31(23,24)27-29(18,19)20)26-9(8(11)12)15-4-3-7(13)14-10(15)16/h1,3-4,6,8-9,17H,5H2,(H,21,22)(H,23,24)(H2,13,14,16)(H2,18,19,20)/t6-,8-,9-,11+/m1/s1. The zero-order chi connectivity index (χ0) is 23.8. The predicted octanol–water partition coefficient (Wildman–Crippen LogP) is -1.23. The van der Waals surface area contributed by atoms with Crippen molar-refractivity contribution in [3.05, 3.63) is 22.7 Å². The summed E-state index contributed by atoms with van der Waals surface area (Å²) in [7, 11) is -17.0. The van der Waals surface area contributed by atoms with Gasteiger partial charge in [-0.3, -0.25) is 9.09 Å². The van der Waals surface area contributed by atoms with Gasteiger partial charge < -0.3 is 35.2 Å². The number of terminal acetylenes is 1. The highest BCUT2D eigenvalue weighted by Crippen LogP contribution is 2.66. The molecule has 2 heterocycles. The fourth-order valence-corrected chi connectivity index (χ4v) is 5.38. The van der Waals surface area contributed by atoms with E-state index in [-0.39, 0.29) is 5.82 Å². The van der Waals surface area contributed by atoms with E-state index in [0.717, 1.165) is 12.3 Å². The second kappa shape index (κ2) is 8.80. The summed E-state index contributed by atoms with van der Waals surface area (Å²) in [5, 5.41) is 10.4. The van der Waals surface area contributed by atoms with Gasteiger partial charge in [-0.25, -0.2) is 22.9 Å². The first kappa shape index (κ1) is 25.8. The second-order valence-electron chi connectivity index (χ2n) is 5.82. The van der Waals surface area contributed by atoms with E-state index in [4.69, 9.17) is 31.6 Å².